The molecule has 1 aromatic rings. The van der Waals surface area contributed by atoms with Gasteiger partial charge in [0, 0.05) is 13.1 Å². The Labute approximate surface area is 120 Å². The van der Waals surface area contributed by atoms with Gasteiger partial charge in [-0.15, -0.1) is 11.3 Å². The molecule has 0 amide bonds. The highest BCUT2D eigenvalue weighted by Crippen LogP contribution is 2.31. The molecule has 1 fully saturated rings. The number of carbonyl (C=O) groups is 1. The Hall–Kier alpha value is -0.130. The summed E-state index contributed by atoms with van der Waals surface area (Å²) in [4.78, 5) is 14.2. The molecule has 0 radical (unpaired) electrons. The normalized spacial score (nSPS) is 25.3. The lowest BCUT2D eigenvalue weighted by Gasteiger charge is -2.33. The quantitative estimate of drug-likeness (QED) is 0.873. The van der Waals surface area contributed by atoms with Crippen molar-refractivity contribution in [2.75, 3.05) is 19.6 Å². The van der Waals surface area contributed by atoms with E-state index >= 15 is 0 Å². The second-order valence-corrected chi connectivity index (χ2v) is 7.02. The van der Waals surface area contributed by atoms with Crippen LogP contribution in [0.5, 0.6) is 0 Å². The van der Waals surface area contributed by atoms with Crippen LogP contribution in [0.25, 0.3) is 0 Å². The van der Waals surface area contributed by atoms with Crippen molar-refractivity contribution in [1.29, 1.82) is 0 Å². The molecular formula is C12H15Cl2NO2S. The number of aliphatic hydroxyl groups is 1. The van der Waals surface area contributed by atoms with E-state index in [0.29, 0.717) is 27.2 Å². The molecule has 1 aliphatic rings. The van der Waals surface area contributed by atoms with Crippen LogP contribution in [0.15, 0.2) is 6.07 Å². The van der Waals surface area contributed by atoms with Gasteiger partial charge in [0.15, 0.2) is 5.78 Å². The van der Waals surface area contributed by atoms with Crippen molar-refractivity contribution in [2.45, 2.75) is 19.4 Å². The molecule has 2 rings (SSSR count). The lowest BCUT2D eigenvalue weighted by molar-refractivity contribution is 0.0344. The van der Waals surface area contributed by atoms with Crippen molar-refractivity contribution in [1.82, 2.24) is 4.90 Å². The van der Waals surface area contributed by atoms with Gasteiger partial charge < -0.3 is 5.11 Å². The van der Waals surface area contributed by atoms with Crippen LogP contribution >= 0.6 is 34.5 Å². The average Bonchev–Trinajstić information content (AvgIpc) is 2.63. The third kappa shape index (κ3) is 3.25. The molecule has 1 N–H and O–H groups in total. The first-order valence-electron chi connectivity index (χ1n) is 5.86. The molecule has 18 heavy (non-hydrogen) atoms. The number of ketones is 1. The highest BCUT2D eigenvalue weighted by molar-refractivity contribution is 7.20. The number of Topliss-reactive ketones (excluding diaryl/α,β-unsaturated/α-hetero) is 1. The zero-order valence-electron chi connectivity index (χ0n) is 10.0. The van der Waals surface area contributed by atoms with Crippen LogP contribution in [-0.2, 0) is 0 Å². The van der Waals surface area contributed by atoms with E-state index in [2.05, 4.69) is 4.90 Å². The largest absolute Gasteiger partial charge is 0.393 e. The maximum atomic E-state index is 12.1. The van der Waals surface area contributed by atoms with E-state index in [9.17, 15) is 9.90 Å². The van der Waals surface area contributed by atoms with Crippen LogP contribution in [0, 0.1) is 5.92 Å². The van der Waals surface area contributed by atoms with Crippen LogP contribution in [0.4, 0.5) is 0 Å². The number of hydrogen-bond donors (Lipinski definition) is 1. The Morgan fingerprint density at radius 1 is 1.61 bits per heavy atom. The predicted molar refractivity (Wildman–Crippen MR) is 74.9 cm³/mol. The molecule has 2 atom stereocenters. The Bertz CT molecular complexity index is 449. The maximum Gasteiger partial charge on any atom is 0.179 e. The topological polar surface area (TPSA) is 40.5 Å². The van der Waals surface area contributed by atoms with Crippen molar-refractivity contribution in [2.24, 2.45) is 5.92 Å². The zero-order valence-corrected chi connectivity index (χ0v) is 12.4. The summed E-state index contributed by atoms with van der Waals surface area (Å²) in [5.74, 6) is 0.194. The zero-order chi connectivity index (χ0) is 13.3. The molecule has 0 bridgehead atoms. The number of thiophene rings is 1. The molecular weight excluding hydrogens is 293 g/mol. The molecule has 0 spiro atoms. The van der Waals surface area contributed by atoms with E-state index in [0.717, 1.165) is 13.1 Å². The lowest BCUT2D eigenvalue weighted by atomic mass is 9.96. The second kappa shape index (κ2) is 5.88. The first-order chi connectivity index (χ1) is 8.47. The van der Waals surface area contributed by atoms with Gasteiger partial charge in [0.05, 0.1) is 22.5 Å². The number of aliphatic hydroxyl groups excluding tert-OH is 1. The number of nitrogens with zero attached hydrogens (tertiary/aromatic N) is 1. The summed E-state index contributed by atoms with van der Waals surface area (Å²) in [6, 6.07) is 1.62. The summed E-state index contributed by atoms with van der Waals surface area (Å²) in [5.41, 5.74) is 0.505. The van der Waals surface area contributed by atoms with Crippen LogP contribution in [0.1, 0.15) is 23.7 Å². The van der Waals surface area contributed by atoms with Crippen LogP contribution < -0.4 is 0 Å². The van der Waals surface area contributed by atoms with Crippen LogP contribution in [-0.4, -0.2) is 41.5 Å². The van der Waals surface area contributed by atoms with E-state index in [1.165, 1.54) is 11.3 Å². The number of likely N-dealkylation sites (tertiary alicyclic amines) is 1. The van der Waals surface area contributed by atoms with Crippen molar-refractivity contribution >= 4 is 40.3 Å². The standard InChI is InChI=1S/C12H15Cl2NO2S/c1-7-5-15(3-2-9(7)16)6-10(17)8-4-11(13)18-12(8)14/h4,7,9,16H,2-3,5-6H2,1H3. The fourth-order valence-electron chi connectivity index (χ4n) is 2.18. The number of hydrogen-bond acceptors (Lipinski definition) is 4. The fourth-order valence-corrected chi connectivity index (χ4v) is 3.68. The van der Waals surface area contributed by atoms with Crippen molar-refractivity contribution in [3.8, 4) is 0 Å². The summed E-state index contributed by atoms with van der Waals surface area (Å²) in [5, 5.41) is 9.65. The summed E-state index contributed by atoms with van der Waals surface area (Å²) in [6.45, 7) is 3.81. The van der Waals surface area contributed by atoms with Crippen LogP contribution in [0.2, 0.25) is 8.67 Å². The van der Waals surface area contributed by atoms with Gasteiger partial charge in [0.1, 0.15) is 4.34 Å². The Balaban J connectivity index is 1.98. The Kier molecular flexibility index (Phi) is 4.67. The Morgan fingerprint density at radius 2 is 2.33 bits per heavy atom. The lowest BCUT2D eigenvalue weighted by Crippen LogP contribution is -2.44. The molecule has 6 heteroatoms. The molecule has 0 saturated carbocycles. The molecule has 2 heterocycles. The fraction of sp³-hybridized carbons (Fsp3) is 0.583. The maximum absolute atomic E-state index is 12.1. The summed E-state index contributed by atoms with van der Waals surface area (Å²) in [6.07, 6.45) is 0.461. The molecule has 3 nitrogen and oxygen atoms in total. The minimum Gasteiger partial charge on any atom is -0.393 e. The highest BCUT2D eigenvalue weighted by Gasteiger charge is 2.26. The molecule has 100 valence electrons. The average molecular weight is 308 g/mol. The van der Waals surface area contributed by atoms with E-state index in [1.807, 2.05) is 6.92 Å². The summed E-state index contributed by atoms with van der Waals surface area (Å²) in [7, 11) is 0. The monoisotopic (exact) mass is 307 g/mol. The Morgan fingerprint density at radius 3 is 2.89 bits per heavy atom. The molecule has 1 saturated heterocycles. The van der Waals surface area contributed by atoms with E-state index < -0.39 is 0 Å². The van der Waals surface area contributed by atoms with E-state index in [-0.39, 0.29) is 17.8 Å². The van der Waals surface area contributed by atoms with Crippen molar-refractivity contribution < 1.29 is 9.90 Å². The highest BCUT2D eigenvalue weighted by atomic mass is 35.5. The molecule has 0 aliphatic carbocycles. The predicted octanol–water partition coefficient (Wildman–Crippen LogP) is 2.94. The van der Waals surface area contributed by atoms with Gasteiger partial charge in [-0.2, -0.15) is 0 Å². The SMILES string of the molecule is CC1CN(CC(=O)c2cc(Cl)sc2Cl)CCC1O. The van der Waals surface area contributed by atoms with Gasteiger partial charge in [0.2, 0.25) is 0 Å². The van der Waals surface area contributed by atoms with Crippen LogP contribution in [0.3, 0.4) is 0 Å². The molecule has 1 aromatic heterocycles. The van der Waals surface area contributed by atoms with E-state index in [1.54, 1.807) is 6.07 Å². The van der Waals surface area contributed by atoms with Gasteiger partial charge in [0.25, 0.3) is 0 Å². The minimum absolute atomic E-state index is 0.00765. The third-order valence-corrected chi connectivity index (χ3v) is 4.76. The number of piperidine rings is 1. The van der Waals surface area contributed by atoms with Gasteiger partial charge in [-0.3, -0.25) is 9.69 Å². The number of rotatable bonds is 3. The van der Waals surface area contributed by atoms with Gasteiger partial charge in [-0.25, -0.2) is 0 Å². The molecule has 2 unspecified atom stereocenters. The first kappa shape index (κ1) is 14.3. The van der Waals surface area contributed by atoms with Gasteiger partial charge >= 0.3 is 0 Å². The summed E-state index contributed by atoms with van der Waals surface area (Å²) < 4.78 is 0.987. The molecule has 1 aliphatic heterocycles. The van der Waals surface area contributed by atoms with Gasteiger partial charge in [-0.1, -0.05) is 30.1 Å². The molecule has 0 aromatic carbocycles. The minimum atomic E-state index is -0.254. The second-order valence-electron chi connectivity index (χ2n) is 4.73. The first-order valence-corrected chi connectivity index (χ1v) is 7.43. The van der Waals surface area contributed by atoms with E-state index in [4.69, 9.17) is 23.2 Å². The van der Waals surface area contributed by atoms with Crippen molar-refractivity contribution in [3.05, 3.63) is 20.3 Å². The third-order valence-electron chi connectivity index (χ3n) is 3.27. The van der Waals surface area contributed by atoms with Gasteiger partial charge in [-0.05, 0) is 18.4 Å². The number of halogens is 2. The van der Waals surface area contributed by atoms with Crippen molar-refractivity contribution in [3.63, 3.8) is 0 Å². The number of carbonyl (C=O) groups excluding carboxylic acids is 1. The smallest absolute Gasteiger partial charge is 0.179 e. The summed E-state index contributed by atoms with van der Waals surface area (Å²) >= 11 is 13.0.